The SMILES string of the molecule is CC(c1cc(F)ccc1N)C(F)(F)F.Cl. The molecule has 1 nitrogen and oxygen atoms in total. The van der Waals surface area contributed by atoms with Crippen LogP contribution >= 0.6 is 12.4 Å². The molecule has 0 fully saturated rings. The van der Waals surface area contributed by atoms with Gasteiger partial charge in [-0.15, -0.1) is 12.4 Å². The lowest BCUT2D eigenvalue weighted by molar-refractivity contribution is -0.146. The Balaban J connectivity index is 0.00000196. The second kappa shape index (κ2) is 4.70. The summed E-state index contributed by atoms with van der Waals surface area (Å²) in [4.78, 5) is 0. The molecule has 0 bridgehead atoms. The molecule has 86 valence electrons. The van der Waals surface area contributed by atoms with Gasteiger partial charge in [-0.3, -0.25) is 0 Å². The lowest BCUT2D eigenvalue weighted by Crippen LogP contribution is -2.19. The summed E-state index contributed by atoms with van der Waals surface area (Å²) >= 11 is 0. The highest BCUT2D eigenvalue weighted by Gasteiger charge is 2.38. The van der Waals surface area contributed by atoms with Gasteiger partial charge in [-0.05, 0) is 30.7 Å². The second-order valence-electron chi connectivity index (χ2n) is 3.04. The summed E-state index contributed by atoms with van der Waals surface area (Å²) in [6, 6.07) is 2.97. The second-order valence-corrected chi connectivity index (χ2v) is 3.04. The molecule has 1 aromatic carbocycles. The summed E-state index contributed by atoms with van der Waals surface area (Å²) in [5.74, 6) is -2.47. The smallest absolute Gasteiger partial charge is 0.395 e. The Morgan fingerprint density at radius 3 is 2.27 bits per heavy atom. The quantitative estimate of drug-likeness (QED) is 0.593. The van der Waals surface area contributed by atoms with Crippen molar-refractivity contribution in [2.75, 3.05) is 5.73 Å². The van der Waals surface area contributed by atoms with E-state index < -0.39 is 17.9 Å². The predicted molar refractivity (Wildman–Crippen MR) is 52.5 cm³/mol. The van der Waals surface area contributed by atoms with Crippen LogP contribution in [0, 0.1) is 5.82 Å². The van der Waals surface area contributed by atoms with Gasteiger partial charge in [0.05, 0.1) is 5.92 Å². The van der Waals surface area contributed by atoms with Gasteiger partial charge in [-0.2, -0.15) is 13.2 Å². The molecule has 0 amide bonds. The van der Waals surface area contributed by atoms with Gasteiger partial charge in [0.15, 0.2) is 0 Å². The number of rotatable bonds is 1. The molecule has 1 unspecified atom stereocenters. The van der Waals surface area contributed by atoms with Crippen molar-refractivity contribution in [3.63, 3.8) is 0 Å². The number of nitrogens with two attached hydrogens (primary N) is 1. The summed E-state index contributed by atoms with van der Waals surface area (Å²) in [7, 11) is 0. The molecule has 0 aliphatic rings. The van der Waals surface area contributed by atoms with E-state index in [0.717, 1.165) is 25.1 Å². The first-order valence-electron chi connectivity index (χ1n) is 3.94. The fraction of sp³-hybridized carbons (Fsp3) is 0.333. The Hall–Kier alpha value is -0.970. The fourth-order valence-electron chi connectivity index (χ4n) is 1.10. The van der Waals surface area contributed by atoms with Gasteiger partial charge in [0.1, 0.15) is 5.82 Å². The first kappa shape index (κ1) is 14.0. The van der Waals surface area contributed by atoms with Crippen molar-refractivity contribution in [2.24, 2.45) is 0 Å². The predicted octanol–water partition coefficient (Wildman–Crippen LogP) is 3.50. The average Bonchev–Trinajstić information content (AvgIpc) is 2.06. The zero-order valence-electron chi connectivity index (χ0n) is 7.81. The number of alkyl halides is 3. The molecule has 1 atom stereocenters. The number of nitrogen functional groups attached to an aromatic ring is 1. The van der Waals surface area contributed by atoms with E-state index >= 15 is 0 Å². The number of anilines is 1. The van der Waals surface area contributed by atoms with Crippen LogP contribution in [-0.2, 0) is 0 Å². The van der Waals surface area contributed by atoms with Crippen molar-refractivity contribution in [1.82, 2.24) is 0 Å². The number of hydrogen-bond donors (Lipinski definition) is 1. The minimum Gasteiger partial charge on any atom is -0.398 e. The highest BCUT2D eigenvalue weighted by Crippen LogP contribution is 2.36. The Kier molecular flexibility index (Phi) is 4.40. The van der Waals surface area contributed by atoms with Crippen LogP contribution in [0.3, 0.4) is 0 Å². The molecule has 1 rings (SSSR count). The Morgan fingerprint density at radius 2 is 1.80 bits per heavy atom. The standard InChI is InChI=1S/C9H9F4N.ClH/c1-5(9(11,12)13)7-4-6(10)2-3-8(7)14;/h2-5H,14H2,1H3;1H. The molecule has 0 radical (unpaired) electrons. The van der Waals surface area contributed by atoms with Crippen LogP contribution in [0.1, 0.15) is 18.4 Å². The van der Waals surface area contributed by atoms with Crippen molar-refractivity contribution in [3.8, 4) is 0 Å². The largest absolute Gasteiger partial charge is 0.398 e. The molecule has 1 aromatic rings. The lowest BCUT2D eigenvalue weighted by atomic mass is 9.99. The molecule has 0 saturated heterocycles. The molecular weight excluding hydrogens is 234 g/mol. The maximum absolute atomic E-state index is 12.7. The first-order chi connectivity index (χ1) is 6.32. The van der Waals surface area contributed by atoms with Crippen LogP contribution in [0.15, 0.2) is 18.2 Å². The van der Waals surface area contributed by atoms with E-state index in [1.165, 1.54) is 0 Å². The molecular formula is C9H10ClF4N. The van der Waals surface area contributed by atoms with Crippen molar-refractivity contribution < 1.29 is 17.6 Å². The van der Waals surface area contributed by atoms with E-state index in [0.29, 0.717) is 0 Å². The molecule has 0 aromatic heterocycles. The highest BCUT2D eigenvalue weighted by molar-refractivity contribution is 5.85. The monoisotopic (exact) mass is 243 g/mol. The van der Waals surface area contributed by atoms with E-state index in [-0.39, 0.29) is 23.7 Å². The Labute approximate surface area is 90.7 Å². The number of halogens is 5. The highest BCUT2D eigenvalue weighted by atomic mass is 35.5. The molecule has 0 aliphatic carbocycles. The third-order valence-corrected chi connectivity index (χ3v) is 2.01. The van der Waals surface area contributed by atoms with Gasteiger partial charge >= 0.3 is 6.18 Å². The molecule has 6 heteroatoms. The third kappa shape index (κ3) is 3.27. The van der Waals surface area contributed by atoms with Crippen molar-refractivity contribution in [1.29, 1.82) is 0 Å². The van der Waals surface area contributed by atoms with Gasteiger partial charge in [0.25, 0.3) is 0 Å². The lowest BCUT2D eigenvalue weighted by Gasteiger charge is -2.17. The van der Waals surface area contributed by atoms with Crippen LogP contribution in [0.25, 0.3) is 0 Å². The van der Waals surface area contributed by atoms with E-state index in [4.69, 9.17) is 5.73 Å². The molecule has 2 N–H and O–H groups in total. The van der Waals surface area contributed by atoms with Gasteiger partial charge in [-0.1, -0.05) is 0 Å². The summed E-state index contributed by atoms with van der Waals surface area (Å²) in [6.07, 6.45) is -4.40. The molecule has 0 saturated carbocycles. The summed E-state index contributed by atoms with van der Waals surface area (Å²) in [5, 5.41) is 0. The summed E-state index contributed by atoms with van der Waals surface area (Å²) < 4.78 is 49.5. The average molecular weight is 244 g/mol. The molecule has 0 heterocycles. The van der Waals surface area contributed by atoms with Gasteiger partial charge in [0.2, 0.25) is 0 Å². The summed E-state index contributed by atoms with van der Waals surface area (Å²) in [6.45, 7) is 0.950. The summed E-state index contributed by atoms with van der Waals surface area (Å²) in [5.41, 5.74) is 5.05. The van der Waals surface area contributed by atoms with Gasteiger partial charge in [-0.25, -0.2) is 4.39 Å². The first-order valence-corrected chi connectivity index (χ1v) is 3.94. The van der Waals surface area contributed by atoms with Crippen LogP contribution in [0.2, 0.25) is 0 Å². The number of benzene rings is 1. The Bertz CT molecular complexity index is 337. The minimum atomic E-state index is -4.40. The van der Waals surface area contributed by atoms with Gasteiger partial charge < -0.3 is 5.73 Å². The van der Waals surface area contributed by atoms with Crippen LogP contribution in [0.5, 0.6) is 0 Å². The van der Waals surface area contributed by atoms with Crippen LogP contribution in [0.4, 0.5) is 23.2 Å². The zero-order valence-corrected chi connectivity index (χ0v) is 8.62. The van der Waals surface area contributed by atoms with E-state index in [2.05, 4.69) is 0 Å². The number of hydrogen-bond acceptors (Lipinski definition) is 1. The van der Waals surface area contributed by atoms with Crippen LogP contribution in [-0.4, -0.2) is 6.18 Å². The maximum atomic E-state index is 12.7. The molecule has 0 spiro atoms. The zero-order chi connectivity index (χ0) is 10.9. The van der Waals surface area contributed by atoms with E-state index in [1.54, 1.807) is 0 Å². The topological polar surface area (TPSA) is 26.0 Å². The fourth-order valence-corrected chi connectivity index (χ4v) is 1.10. The minimum absolute atomic E-state index is 0. The van der Waals surface area contributed by atoms with E-state index in [9.17, 15) is 17.6 Å². The normalized spacial score (nSPS) is 13.1. The molecule has 15 heavy (non-hydrogen) atoms. The Morgan fingerprint density at radius 1 is 1.27 bits per heavy atom. The van der Waals surface area contributed by atoms with Crippen molar-refractivity contribution in [2.45, 2.75) is 19.0 Å². The van der Waals surface area contributed by atoms with E-state index in [1.807, 2.05) is 0 Å². The van der Waals surface area contributed by atoms with Crippen LogP contribution < -0.4 is 5.73 Å². The maximum Gasteiger partial charge on any atom is 0.395 e. The van der Waals surface area contributed by atoms with Crippen molar-refractivity contribution in [3.05, 3.63) is 29.6 Å². The third-order valence-electron chi connectivity index (χ3n) is 2.01. The van der Waals surface area contributed by atoms with Crippen molar-refractivity contribution >= 4 is 18.1 Å². The van der Waals surface area contributed by atoms with Gasteiger partial charge in [0, 0.05) is 5.69 Å². The molecule has 0 aliphatic heterocycles.